The Balaban J connectivity index is 1.15. The van der Waals surface area contributed by atoms with E-state index in [2.05, 4.69) is 75.0 Å². The topological polar surface area (TPSA) is 96.6 Å². The van der Waals surface area contributed by atoms with Crippen molar-refractivity contribution in [1.82, 2.24) is 25.1 Å². The Morgan fingerprint density at radius 2 is 1.85 bits per heavy atom. The van der Waals surface area contributed by atoms with Gasteiger partial charge in [-0.2, -0.15) is 0 Å². The average Bonchev–Trinajstić information content (AvgIpc) is 3.48. The summed E-state index contributed by atoms with van der Waals surface area (Å²) in [4.78, 5) is 42.4. The molecule has 4 atom stereocenters. The number of anilines is 2. The maximum absolute atomic E-state index is 14.9. The first-order valence-corrected chi connectivity index (χ1v) is 20.3. The van der Waals surface area contributed by atoms with Gasteiger partial charge in [0.2, 0.25) is 5.91 Å². The predicted molar refractivity (Wildman–Crippen MR) is 222 cm³/mol. The first kappa shape index (κ1) is 36.1. The van der Waals surface area contributed by atoms with E-state index in [9.17, 15) is 9.59 Å². The van der Waals surface area contributed by atoms with Crippen LogP contribution in [0.2, 0.25) is 5.02 Å². The number of allylic oxidation sites excluding steroid dienone is 5. The van der Waals surface area contributed by atoms with Crippen LogP contribution in [-0.4, -0.2) is 75.7 Å². The third-order valence-corrected chi connectivity index (χ3v) is 12.6. The molecule has 0 spiro atoms. The molecule has 6 heterocycles. The van der Waals surface area contributed by atoms with E-state index in [1.165, 1.54) is 0 Å². The molecule has 0 bridgehead atoms. The van der Waals surface area contributed by atoms with Gasteiger partial charge in [-0.05, 0) is 78.3 Å². The van der Waals surface area contributed by atoms with Crippen molar-refractivity contribution in [3.05, 3.63) is 124 Å². The molecular weight excluding hydrogens is 753 g/mol. The zero-order valence-corrected chi connectivity index (χ0v) is 32.7. The molecule has 2 aromatic heterocycles. The Morgan fingerprint density at radius 1 is 1.04 bits per heavy atom. The number of hydrogen-bond acceptors (Lipinski definition) is 6. The molecule has 4 aromatic rings. The van der Waals surface area contributed by atoms with Gasteiger partial charge < -0.3 is 30.3 Å². The number of piperazine rings is 1. The molecule has 55 heavy (non-hydrogen) atoms. The normalized spacial score (nSPS) is 24.3. The second-order valence-electron chi connectivity index (χ2n) is 15.0. The predicted octanol–water partition coefficient (Wildman–Crippen LogP) is 8.56. The molecule has 9 nitrogen and oxygen atoms in total. The van der Waals surface area contributed by atoms with Crippen molar-refractivity contribution >= 4 is 80.3 Å². The summed E-state index contributed by atoms with van der Waals surface area (Å²) in [5.74, 6) is 0.598. The lowest BCUT2D eigenvalue weighted by molar-refractivity contribution is -0.134. The van der Waals surface area contributed by atoms with E-state index in [-0.39, 0.29) is 41.1 Å². The minimum Gasteiger partial charge on any atom is -0.355 e. The first-order valence-electron chi connectivity index (χ1n) is 19.1. The molecule has 2 fully saturated rings. The second-order valence-corrected chi connectivity index (χ2v) is 16.4. The van der Waals surface area contributed by atoms with Gasteiger partial charge in [0.15, 0.2) is 5.82 Å². The minimum atomic E-state index is -0.373. The van der Waals surface area contributed by atoms with Crippen LogP contribution in [-0.2, 0) is 4.79 Å². The minimum absolute atomic E-state index is 0.140. The van der Waals surface area contributed by atoms with Crippen LogP contribution in [0.3, 0.4) is 0 Å². The lowest BCUT2D eigenvalue weighted by atomic mass is 9.78. The summed E-state index contributed by atoms with van der Waals surface area (Å²) in [6.07, 6.45) is 14.5. The highest BCUT2D eigenvalue weighted by molar-refractivity contribution is 6.33. The van der Waals surface area contributed by atoms with Crippen molar-refractivity contribution in [3.8, 4) is 0 Å². The number of pyridine rings is 1. The van der Waals surface area contributed by atoms with Crippen LogP contribution in [0, 0.1) is 11.8 Å². The van der Waals surface area contributed by atoms with Crippen molar-refractivity contribution in [1.29, 1.82) is 0 Å². The standard InChI is InChI=1S/C43H42Cl3N7O2/c1-25-7-6-17-53-40(30-12-11-27(44)22-32(30)46)31-21-28(45)23-34-37(31)38(41(53)36(25)26-8-3-2-4-9-26)39(49-34)43(55)50-33-10-5-15-48-42(33)51-18-13-29(14-19-51)52-20-16-47-24-35(52)54/h2-6,8-12,15,17,21-23,25,29-30,32,40,47,49H,7,13-14,16,18-20,24H2,1H3,(H,50,55). The Morgan fingerprint density at radius 3 is 2.64 bits per heavy atom. The fourth-order valence-electron chi connectivity index (χ4n) is 9.22. The van der Waals surface area contributed by atoms with E-state index in [1.54, 1.807) is 6.20 Å². The number of aromatic nitrogens is 2. The molecule has 1 aliphatic carbocycles. The number of nitrogens with one attached hydrogen (secondary N) is 3. The average molecular weight is 795 g/mol. The van der Waals surface area contributed by atoms with E-state index < -0.39 is 0 Å². The van der Waals surface area contributed by atoms with Crippen molar-refractivity contribution in [2.24, 2.45) is 11.8 Å². The Kier molecular flexibility index (Phi) is 9.75. The van der Waals surface area contributed by atoms with Crippen molar-refractivity contribution < 1.29 is 9.59 Å². The highest BCUT2D eigenvalue weighted by Gasteiger charge is 2.43. The van der Waals surface area contributed by atoms with Gasteiger partial charge in [-0.15, -0.1) is 11.6 Å². The molecule has 0 saturated carbocycles. The van der Waals surface area contributed by atoms with Crippen molar-refractivity contribution in [2.75, 3.05) is 42.9 Å². The number of fused-ring (bicyclic) bond motifs is 2. The number of aromatic amines is 1. The van der Waals surface area contributed by atoms with Crippen LogP contribution in [0.1, 0.15) is 59.4 Å². The summed E-state index contributed by atoms with van der Waals surface area (Å²) in [7, 11) is 0. The third-order valence-electron chi connectivity index (χ3n) is 11.7. The lowest BCUT2D eigenvalue weighted by Crippen LogP contribution is -2.55. The molecule has 0 radical (unpaired) electrons. The molecule has 2 aromatic carbocycles. The van der Waals surface area contributed by atoms with Crippen LogP contribution in [0.25, 0.3) is 22.2 Å². The van der Waals surface area contributed by atoms with E-state index in [1.807, 2.05) is 47.4 Å². The van der Waals surface area contributed by atoms with Crippen LogP contribution in [0.4, 0.5) is 11.5 Å². The molecule has 282 valence electrons. The SMILES string of the molecule is CC1CC=CN2C(=C1c1ccccc1)c1c(C(=O)Nc3cccnc3N3CCC(N4CCNCC4=O)CC3)[nH]c3cc(Cl)cc(c13)C2C1C=CC(Cl)=CC1Cl. The van der Waals surface area contributed by atoms with Crippen molar-refractivity contribution in [2.45, 2.75) is 43.6 Å². The number of hydrogen-bond donors (Lipinski definition) is 3. The summed E-state index contributed by atoms with van der Waals surface area (Å²) in [6, 6.07) is 18.1. The highest BCUT2D eigenvalue weighted by atomic mass is 35.5. The lowest BCUT2D eigenvalue weighted by Gasteiger charge is -2.43. The molecule has 12 heteroatoms. The number of piperidine rings is 1. The molecule has 9 rings (SSSR count). The number of H-pyrrole nitrogens is 1. The zero-order valence-electron chi connectivity index (χ0n) is 30.4. The van der Waals surface area contributed by atoms with Crippen LogP contribution in [0.15, 0.2) is 96.3 Å². The Hall–Kier alpha value is -4.54. The van der Waals surface area contributed by atoms with E-state index in [0.29, 0.717) is 28.0 Å². The largest absolute Gasteiger partial charge is 0.355 e. The number of alkyl halides is 1. The molecule has 4 aliphatic heterocycles. The van der Waals surface area contributed by atoms with Gasteiger partial charge in [-0.25, -0.2) is 4.98 Å². The number of nitrogens with zero attached hydrogens (tertiary/aromatic N) is 4. The Labute approximate surface area is 335 Å². The Bertz CT molecular complexity index is 2290. The van der Waals surface area contributed by atoms with Gasteiger partial charge >= 0.3 is 0 Å². The summed E-state index contributed by atoms with van der Waals surface area (Å²) in [6.45, 7) is 5.66. The number of carbonyl (C=O) groups is 2. The maximum Gasteiger partial charge on any atom is 0.272 e. The quantitative estimate of drug-likeness (QED) is 0.170. The fraction of sp³-hybridized carbons (Fsp3) is 0.326. The zero-order chi connectivity index (χ0) is 37.8. The fourth-order valence-corrected chi connectivity index (χ4v) is 10.1. The summed E-state index contributed by atoms with van der Waals surface area (Å²) >= 11 is 20.5. The molecule has 5 aliphatic rings. The van der Waals surface area contributed by atoms with Gasteiger partial charge in [-0.1, -0.05) is 72.6 Å². The number of halogens is 3. The van der Waals surface area contributed by atoms with E-state index >= 15 is 0 Å². The first-order chi connectivity index (χ1) is 26.8. The number of rotatable bonds is 6. The number of carbonyl (C=O) groups excluding carboxylic acids is 2. The van der Waals surface area contributed by atoms with Crippen LogP contribution < -0.4 is 15.5 Å². The van der Waals surface area contributed by atoms with E-state index in [0.717, 1.165) is 90.1 Å². The van der Waals surface area contributed by atoms with Gasteiger partial charge in [0.1, 0.15) is 5.69 Å². The monoisotopic (exact) mass is 793 g/mol. The summed E-state index contributed by atoms with van der Waals surface area (Å²) < 4.78 is 0. The van der Waals surface area contributed by atoms with Crippen LogP contribution >= 0.6 is 34.8 Å². The van der Waals surface area contributed by atoms with E-state index in [4.69, 9.17) is 39.8 Å². The van der Waals surface area contributed by atoms with Gasteiger partial charge in [-0.3, -0.25) is 9.59 Å². The molecular formula is C43H42Cl3N7O2. The third kappa shape index (κ3) is 6.55. The smallest absolute Gasteiger partial charge is 0.272 e. The second kappa shape index (κ2) is 14.8. The summed E-state index contributed by atoms with van der Waals surface area (Å²) in [5, 5.41) is 8.20. The number of amides is 2. The van der Waals surface area contributed by atoms with Gasteiger partial charge in [0, 0.05) is 77.1 Å². The highest BCUT2D eigenvalue weighted by Crippen LogP contribution is 2.54. The van der Waals surface area contributed by atoms with Gasteiger partial charge in [0.25, 0.3) is 5.91 Å². The molecule has 2 amide bonds. The van der Waals surface area contributed by atoms with Gasteiger partial charge in [0.05, 0.1) is 29.3 Å². The molecule has 4 unspecified atom stereocenters. The maximum atomic E-state index is 14.9. The number of benzene rings is 2. The van der Waals surface area contributed by atoms with Crippen LogP contribution in [0.5, 0.6) is 0 Å². The molecule has 3 N–H and O–H groups in total. The molecule has 2 saturated heterocycles. The van der Waals surface area contributed by atoms with Crippen molar-refractivity contribution in [3.63, 3.8) is 0 Å². The summed E-state index contributed by atoms with van der Waals surface area (Å²) in [5.41, 5.74) is 6.90.